The second kappa shape index (κ2) is 8.50. The van der Waals surface area contributed by atoms with Gasteiger partial charge in [-0.25, -0.2) is 0 Å². The van der Waals surface area contributed by atoms with Crippen LogP contribution < -0.4 is 0 Å². The van der Waals surface area contributed by atoms with Gasteiger partial charge < -0.3 is 9.80 Å². The van der Waals surface area contributed by atoms with E-state index in [-0.39, 0.29) is 23.9 Å². The van der Waals surface area contributed by atoms with Crippen molar-refractivity contribution in [2.75, 3.05) is 13.1 Å². The van der Waals surface area contributed by atoms with Gasteiger partial charge in [0.1, 0.15) is 0 Å². The lowest BCUT2D eigenvalue weighted by atomic mass is 10.0. The predicted molar refractivity (Wildman–Crippen MR) is 114 cm³/mol. The summed E-state index contributed by atoms with van der Waals surface area (Å²) in [5, 5.41) is 1.56. The van der Waals surface area contributed by atoms with Crippen LogP contribution in [0, 0.1) is 0 Å². The maximum absolute atomic E-state index is 13.0. The van der Waals surface area contributed by atoms with Gasteiger partial charge in [-0.15, -0.1) is 0 Å². The quantitative estimate of drug-likeness (QED) is 0.579. The van der Waals surface area contributed by atoms with Crippen molar-refractivity contribution in [3.8, 4) is 0 Å². The molecule has 1 heterocycles. The van der Waals surface area contributed by atoms with Crippen LogP contribution in [0.5, 0.6) is 0 Å². The molecule has 28 heavy (non-hydrogen) atoms. The third-order valence-corrected chi connectivity index (χ3v) is 5.93. The Labute approximate surface area is 183 Å². The molecule has 4 nitrogen and oxygen atoms in total. The van der Waals surface area contributed by atoms with E-state index in [1.165, 1.54) is 0 Å². The summed E-state index contributed by atoms with van der Waals surface area (Å²) in [5.74, 6) is -0.365. The largest absolute Gasteiger partial charge is 0.332 e. The van der Waals surface area contributed by atoms with Crippen LogP contribution in [0.3, 0.4) is 0 Å². The molecule has 0 N–H and O–H groups in total. The molecule has 148 valence electrons. The molecule has 0 aromatic heterocycles. The van der Waals surface area contributed by atoms with E-state index in [9.17, 15) is 9.59 Å². The lowest BCUT2D eigenvalue weighted by Gasteiger charge is -2.44. The molecule has 8 heteroatoms. The minimum atomic E-state index is -0.189. The van der Waals surface area contributed by atoms with Crippen molar-refractivity contribution in [1.82, 2.24) is 9.80 Å². The first kappa shape index (κ1) is 21.3. The molecule has 0 radical (unpaired) electrons. The van der Waals surface area contributed by atoms with E-state index in [2.05, 4.69) is 0 Å². The predicted octanol–water partition coefficient (Wildman–Crippen LogP) is 5.68. The number of piperazine rings is 1. The highest BCUT2D eigenvalue weighted by Gasteiger charge is 2.36. The van der Waals surface area contributed by atoms with Gasteiger partial charge in [-0.1, -0.05) is 46.4 Å². The van der Waals surface area contributed by atoms with Gasteiger partial charge in [0.05, 0.1) is 21.2 Å². The van der Waals surface area contributed by atoms with E-state index in [0.717, 1.165) is 0 Å². The molecule has 3 rings (SSSR count). The van der Waals surface area contributed by atoms with Gasteiger partial charge in [0, 0.05) is 35.2 Å². The normalized spacial score (nSPS) is 19.6. The zero-order chi connectivity index (χ0) is 20.6. The van der Waals surface area contributed by atoms with E-state index < -0.39 is 0 Å². The Hall–Kier alpha value is -1.46. The number of benzene rings is 2. The molecule has 1 saturated heterocycles. The third-order valence-electron chi connectivity index (χ3n) is 4.83. The topological polar surface area (TPSA) is 40.6 Å². The standard InChI is InChI=1S/C20H18Cl4N2O2/c1-11-9-26(20(28)16-6-4-14(22)8-18(16)24)12(2)10-25(11)19(27)15-5-3-13(21)7-17(15)23/h3-8,11-12H,9-10H2,1-2H3. The van der Waals surface area contributed by atoms with Crippen molar-refractivity contribution in [2.24, 2.45) is 0 Å². The number of amides is 2. The van der Waals surface area contributed by atoms with Gasteiger partial charge in [0.2, 0.25) is 0 Å². The Morgan fingerprint density at radius 2 is 1.11 bits per heavy atom. The summed E-state index contributed by atoms with van der Waals surface area (Å²) in [4.78, 5) is 29.4. The zero-order valence-corrected chi connectivity index (χ0v) is 18.3. The minimum Gasteiger partial charge on any atom is -0.332 e. The first-order chi connectivity index (χ1) is 13.2. The molecule has 1 aliphatic heterocycles. The van der Waals surface area contributed by atoms with Crippen LogP contribution in [0.25, 0.3) is 0 Å². The molecular weight excluding hydrogens is 442 g/mol. The average molecular weight is 460 g/mol. The summed E-state index contributed by atoms with van der Waals surface area (Å²) in [6.45, 7) is 4.57. The van der Waals surface area contributed by atoms with Crippen molar-refractivity contribution in [3.63, 3.8) is 0 Å². The Bertz CT molecular complexity index is 859. The molecule has 0 saturated carbocycles. The summed E-state index contributed by atoms with van der Waals surface area (Å²) >= 11 is 24.2. The number of nitrogens with zero attached hydrogens (tertiary/aromatic N) is 2. The van der Waals surface area contributed by atoms with Gasteiger partial charge in [-0.2, -0.15) is 0 Å². The Kier molecular flexibility index (Phi) is 6.45. The van der Waals surface area contributed by atoms with E-state index in [0.29, 0.717) is 44.3 Å². The first-order valence-electron chi connectivity index (χ1n) is 8.71. The third kappa shape index (κ3) is 4.25. The molecule has 0 aliphatic carbocycles. The monoisotopic (exact) mass is 458 g/mol. The van der Waals surface area contributed by atoms with Crippen LogP contribution in [-0.4, -0.2) is 46.8 Å². The molecular formula is C20H18Cl4N2O2. The second-order valence-electron chi connectivity index (χ2n) is 6.86. The number of halogens is 4. The summed E-state index contributed by atoms with van der Waals surface area (Å²) in [5.41, 5.74) is 0.788. The van der Waals surface area contributed by atoms with Gasteiger partial charge >= 0.3 is 0 Å². The lowest BCUT2D eigenvalue weighted by molar-refractivity contribution is 0.0270. The Balaban J connectivity index is 1.80. The van der Waals surface area contributed by atoms with Crippen LogP contribution in [0.4, 0.5) is 0 Å². The molecule has 1 aliphatic rings. The van der Waals surface area contributed by atoms with Gasteiger partial charge in [-0.05, 0) is 50.2 Å². The zero-order valence-electron chi connectivity index (χ0n) is 15.3. The Morgan fingerprint density at radius 3 is 1.43 bits per heavy atom. The SMILES string of the molecule is CC1CN(C(=O)c2ccc(Cl)cc2Cl)C(C)CN1C(=O)c1ccc(Cl)cc1Cl. The van der Waals surface area contributed by atoms with Crippen LogP contribution in [0.1, 0.15) is 34.6 Å². The smallest absolute Gasteiger partial charge is 0.255 e. The number of hydrogen-bond donors (Lipinski definition) is 0. The van der Waals surface area contributed by atoms with E-state index in [4.69, 9.17) is 46.4 Å². The van der Waals surface area contributed by atoms with Crippen molar-refractivity contribution in [1.29, 1.82) is 0 Å². The second-order valence-corrected chi connectivity index (χ2v) is 8.55. The van der Waals surface area contributed by atoms with Gasteiger partial charge in [-0.3, -0.25) is 9.59 Å². The van der Waals surface area contributed by atoms with E-state index in [1.807, 2.05) is 13.8 Å². The first-order valence-corrected chi connectivity index (χ1v) is 10.2. The minimum absolute atomic E-state index is 0.183. The average Bonchev–Trinajstić information content (AvgIpc) is 2.62. The molecule has 2 atom stereocenters. The molecule has 2 aromatic carbocycles. The summed E-state index contributed by atoms with van der Waals surface area (Å²) in [6.07, 6.45) is 0. The van der Waals surface area contributed by atoms with Crippen LogP contribution >= 0.6 is 46.4 Å². The van der Waals surface area contributed by atoms with Crippen molar-refractivity contribution in [2.45, 2.75) is 25.9 Å². The number of rotatable bonds is 2. The van der Waals surface area contributed by atoms with Crippen molar-refractivity contribution >= 4 is 58.2 Å². The molecule has 2 amide bonds. The van der Waals surface area contributed by atoms with Crippen LogP contribution in [0.15, 0.2) is 36.4 Å². The Morgan fingerprint density at radius 1 is 0.750 bits per heavy atom. The fraction of sp³-hybridized carbons (Fsp3) is 0.300. The molecule has 0 spiro atoms. The van der Waals surface area contributed by atoms with Crippen LogP contribution in [-0.2, 0) is 0 Å². The fourth-order valence-corrected chi connectivity index (χ4v) is 4.31. The lowest BCUT2D eigenvalue weighted by Crippen LogP contribution is -2.59. The molecule has 0 bridgehead atoms. The highest BCUT2D eigenvalue weighted by atomic mass is 35.5. The molecule has 2 aromatic rings. The maximum Gasteiger partial charge on any atom is 0.255 e. The molecule has 2 unspecified atom stereocenters. The summed E-state index contributed by atoms with van der Waals surface area (Å²) in [7, 11) is 0. The maximum atomic E-state index is 13.0. The summed E-state index contributed by atoms with van der Waals surface area (Å²) in [6, 6.07) is 9.23. The highest BCUT2D eigenvalue weighted by Crippen LogP contribution is 2.27. The molecule has 1 fully saturated rings. The highest BCUT2D eigenvalue weighted by molar-refractivity contribution is 6.37. The fourth-order valence-electron chi connectivity index (χ4n) is 3.33. The van der Waals surface area contributed by atoms with Gasteiger partial charge in [0.15, 0.2) is 0 Å². The van der Waals surface area contributed by atoms with Crippen molar-refractivity contribution < 1.29 is 9.59 Å². The van der Waals surface area contributed by atoms with E-state index >= 15 is 0 Å². The van der Waals surface area contributed by atoms with Crippen LogP contribution in [0.2, 0.25) is 20.1 Å². The van der Waals surface area contributed by atoms with Crippen molar-refractivity contribution in [3.05, 3.63) is 67.6 Å². The number of carbonyl (C=O) groups is 2. The summed E-state index contributed by atoms with van der Waals surface area (Å²) < 4.78 is 0. The number of hydrogen-bond acceptors (Lipinski definition) is 2. The van der Waals surface area contributed by atoms with Gasteiger partial charge in [0.25, 0.3) is 11.8 Å². The van der Waals surface area contributed by atoms with E-state index in [1.54, 1.807) is 46.2 Å². The number of carbonyl (C=O) groups excluding carboxylic acids is 2.